The van der Waals surface area contributed by atoms with Gasteiger partial charge in [-0.3, -0.25) is 9.59 Å². The molecule has 3 rings (SSSR count). The number of para-hydroxylation sites is 1. The first-order chi connectivity index (χ1) is 10.2. The Kier molecular flexibility index (Phi) is 3.10. The number of methoxy groups -OCH3 is 2. The van der Waals surface area contributed by atoms with Crippen LogP contribution < -0.4 is 14.8 Å². The van der Waals surface area contributed by atoms with Gasteiger partial charge in [-0.2, -0.15) is 0 Å². The van der Waals surface area contributed by atoms with Crippen LogP contribution in [0.1, 0.15) is 10.4 Å². The summed E-state index contributed by atoms with van der Waals surface area (Å²) in [5.41, 5.74) is 2.54. The largest absolute Gasteiger partial charge is 0.493 e. The van der Waals surface area contributed by atoms with Crippen molar-refractivity contribution in [3.8, 4) is 22.6 Å². The SMILES string of the molecule is COc1ccc(-c2cccc3c2NC(=O)C3=O)cc1OC. The van der Waals surface area contributed by atoms with Gasteiger partial charge in [0.15, 0.2) is 11.5 Å². The van der Waals surface area contributed by atoms with Gasteiger partial charge in [0.1, 0.15) is 0 Å². The number of hydrogen-bond acceptors (Lipinski definition) is 4. The van der Waals surface area contributed by atoms with Crippen molar-refractivity contribution in [2.24, 2.45) is 0 Å². The lowest BCUT2D eigenvalue weighted by molar-refractivity contribution is -0.112. The number of ketones is 1. The van der Waals surface area contributed by atoms with Crippen LogP contribution in [0.4, 0.5) is 5.69 Å². The van der Waals surface area contributed by atoms with E-state index in [1.165, 1.54) is 0 Å². The maximum atomic E-state index is 11.7. The van der Waals surface area contributed by atoms with Crippen LogP contribution in [0.15, 0.2) is 36.4 Å². The molecule has 2 aromatic rings. The molecule has 0 saturated carbocycles. The number of benzene rings is 2. The summed E-state index contributed by atoms with van der Waals surface area (Å²) in [6.45, 7) is 0. The van der Waals surface area contributed by atoms with E-state index in [4.69, 9.17) is 9.47 Å². The van der Waals surface area contributed by atoms with Crippen LogP contribution in [0.3, 0.4) is 0 Å². The van der Waals surface area contributed by atoms with E-state index in [2.05, 4.69) is 5.32 Å². The Labute approximate surface area is 121 Å². The number of Topliss-reactive ketones (excluding diaryl/α,β-unsaturated/α-hetero) is 1. The predicted octanol–water partition coefficient (Wildman–Crippen LogP) is 2.51. The van der Waals surface area contributed by atoms with E-state index in [1.807, 2.05) is 18.2 Å². The van der Waals surface area contributed by atoms with Crippen molar-refractivity contribution in [2.75, 3.05) is 19.5 Å². The van der Waals surface area contributed by atoms with E-state index in [9.17, 15) is 9.59 Å². The van der Waals surface area contributed by atoms with Crippen molar-refractivity contribution in [2.45, 2.75) is 0 Å². The van der Waals surface area contributed by atoms with Gasteiger partial charge in [-0.25, -0.2) is 0 Å². The third-order valence-corrected chi connectivity index (χ3v) is 3.45. The molecule has 106 valence electrons. The van der Waals surface area contributed by atoms with Gasteiger partial charge in [0.05, 0.1) is 25.5 Å². The Morgan fingerprint density at radius 3 is 2.33 bits per heavy atom. The molecular formula is C16H13NO4. The van der Waals surface area contributed by atoms with Crippen molar-refractivity contribution in [3.05, 3.63) is 42.0 Å². The Balaban J connectivity index is 2.15. The lowest BCUT2D eigenvalue weighted by Crippen LogP contribution is -2.12. The Morgan fingerprint density at radius 1 is 0.905 bits per heavy atom. The maximum absolute atomic E-state index is 11.7. The van der Waals surface area contributed by atoms with E-state index >= 15 is 0 Å². The highest BCUT2D eigenvalue weighted by molar-refractivity contribution is 6.52. The average Bonchev–Trinajstić information content (AvgIpc) is 2.81. The molecular weight excluding hydrogens is 270 g/mol. The molecule has 0 atom stereocenters. The third kappa shape index (κ3) is 2.03. The minimum absolute atomic E-state index is 0.396. The molecule has 1 aliphatic heterocycles. The fraction of sp³-hybridized carbons (Fsp3) is 0.125. The van der Waals surface area contributed by atoms with Crippen molar-refractivity contribution in [1.82, 2.24) is 0 Å². The standard InChI is InChI=1S/C16H13NO4/c1-20-12-7-6-9(8-13(12)21-2)10-4-3-5-11-14(10)17-16(19)15(11)18/h3-8H,1-2H3,(H,17,18,19). The summed E-state index contributed by atoms with van der Waals surface area (Å²) >= 11 is 0. The molecule has 0 aliphatic carbocycles. The number of rotatable bonds is 3. The fourth-order valence-electron chi connectivity index (χ4n) is 2.41. The van der Waals surface area contributed by atoms with Gasteiger partial charge in [0.25, 0.3) is 11.7 Å². The number of hydrogen-bond donors (Lipinski definition) is 1. The van der Waals surface area contributed by atoms with E-state index in [1.54, 1.807) is 32.4 Å². The highest BCUT2D eigenvalue weighted by Gasteiger charge is 2.30. The van der Waals surface area contributed by atoms with E-state index in [-0.39, 0.29) is 0 Å². The third-order valence-electron chi connectivity index (χ3n) is 3.45. The molecule has 0 saturated heterocycles. The number of carbonyl (C=O) groups excluding carboxylic acids is 2. The van der Waals surface area contributed by atoms with Crippen molar-refractivity contribution in [1.29, 1.82) is 0 Å². The number of anilines is 1. The van der Waals surface area contributed by atoms with E-state index in [0.717, 1.165) is 11.1 Å². The van der Waals surface area contributed by atoms with Crippen LogP contribution in [0.2, 0.25) is 0 Å². The first kappa shape index (κ1) is 13.2. The second-order valence-electron chi connectivity index (χ2n) is 4.58. The first-order valence-corrected chi connectivity index (χ1v) is 6.37. The van der Waals surface area contributed by atoms with E-state index in [0.29, 0.717) is 22.7 Å². The number of carbonyl (C=O) groups is 2. The summed E-state index contributed by atoms with van der Waals surface area (Å²) in [5, 5.41) is 2.62. The molecule has 0 fully saturated rings. The Bertz CT molecular complexity index is 752. The lowest BCUT2D eigenvalue weighted by atomic mass is 10.00. The van der Waals surface area contributed by atoms with Crippen LogP contribution in [0.5, 0.6) is 11.5 Å². The molecule has 5 nitrogen and oxygen atoms in total. The van der Waals surface area contributed by atoms with Crippen LogP contribution in [0, 0.1) is 0 Å². The Morgan fingerprint density at radius 2 is 1.62 bits per heavy atom. The minimum atomic E-state index is -0.599. The molecule has 0 aromatic heterocycles. The first-order valence-electron chi connectivity index (χ1n) is 6.37. The quantitative estimate of drug-likeness (QED) is 0.879. The number of fused-ring (bicyclic) bond motifs is 1. The molecule has 0 unspecified atom stereocenters. The fourth-order valence-corrected chi connectivity index (χ4v) is 2.41. The molecule has 1 N–H and O–H groups in total. The van der Waals surface area contributed by atoms with Crippen molar-refractivity contribution < 1.29 is 19.1 Å². The second-order valence-corrected chi connectivity index (χ2v) is 4.58. The molecule has 1 aliphatic rings. The zero-order valence-corrected chi connectivity index (χ0v) is 11.6. The summed E-state index contributed by atoms with van der Waals surface area (Å²) < 4.78 is 10.5. The molecule has 1 amide bonds. The van der Waals surface area contributed by atoms with Gasteiger partial charge in [0.2, 0.25) is 0 Å². The number of ether oxygens (including phenoxy) is 2. The topological polar surface area (TPSA) is 64.6 Å². The zero-order chi connectivity index (χ0) is 15.0. The lowest BCUT2D eigenvalue weighted by Gasteiger charge is -2.12. The van der Waals surface area contributed by atoms with Gasteiger partial charge in [-0.1, -0.05) is 18.2 Å². The van der Waals surface area contributed by atoms with Gasteiger partial charge in [0, 0.05) is 5.56 Å². The monoisotopic (exact) mass is 283 g/mol. The summed E-state index contributed by atoms with van der Waals surface area (Å²) in [4.78, 5) is 23.3. The molecule has 0 bridgehead atoms. The number of amides is 1. The summed E-state index contributed by atoms with van der Waals surface area (Å²) in [6.07, 6.45) is 0. The van der Waals surface area contributed by atoms with Gasteiger partial charge in [-0.05, 0) is 23.8 Å². The molecule has 21 heavy (non-hydrogen) atoms. The minimum Gasteiger partial charge on any atom is -0.493 e. The zero-order valence-electron chi connectivity index (χ0n) is 11.6. The van der Waals surface area contributed by atoms with Crippen LogP contribution in [-0.4, -0.2) is 25.9 Å². The molecule has 5 heteroatoms. The smallest absolute Gasteiger partial charge is 0.296 e. The van der Waals surface area contributed by atoms with Gasteiger partial charge in [-0.15, -0.1) is 0 Å². The van der Waals surface area contributed by atoms with Crippen LogP contribution >= 0.6 is 0 Å². The predicted molar refractivity (Wildman–Crippen MR) is 77.9 cm³/mol. The molecule has 2 aromatic carbocycles. The van der Waals surface area contributed by atoms with Gasteiger partial charge < -0.3 is 14.8 Å². The Hall–Kier alpha value is -2.82. The highest BCUT2D eigenvalue weighted by Crippen LogP contribution is 2.38. The molecule has 0 spiro atoms. The van der Waals surface area contributed by atoms with Crippen LogP contribution in [-0.2, 0) is 4.79 Å². The highest BCUT2D eigenvalue weighted by atomic mass is 16.5. The average molecular weight is 283 g/mol. The van der Waals surface area contributed by atoms with Crippen LogP contribution in [0.25, 0.3) is 11.1 Å². The molecule has 0 radical (unpaired) electrons. The van der Waals surface area contributed by atoms with Crippen molar-refractivity contribution in [3.63, 3.8) is 0 Å². The summed E-state index contributed by atoms with van der Waals surface area (Å²) in [7, 11) is 3.12. The van der Waals surface area contributed by atoms with E-state index < -0.39 is 11.7 Å². The number of nitrogens with one attached hydrogen (secondary N) is 1. The summed E-state index contributed by atoms with van der Waals surface area (Å²) in [5.74, 6) is 0.0995. The summed E-state index contributed by atoms with van der Waals surface area (Å²) in [6, 6.07) is 10.7. The van der Waals surface area contributed by atoms with Gasteiger partial charge >= 0.3 is 0 Å². The second kappa shape index (κ2) is 4.94. The molecule has 1 heterocycles. The normalized spacial score (nSPS) is 12.9. The van der Waals surface area contributed by atoms with Crippen molar-refractivity contribution >= 4 is 17.4 Å². The maximum Gasteiger partial charge on any atom is 0.296 e.